The molecule has 4 N–H and O–H groups in total. The third-order valence-corrected chi connectivity index (χ3v) is 12.5. The molecule has 0 radical (unpaired) electrons. The standard InChI is InChI=1S/C51H51N7O5/c59-47(39-25-26-39)55-44(37-9-3-1-4-10-37)50(62)57-29-7-13-42(57)46-52-32-41(54-46)36-23-21-34(22-24-36)16-15-33-17-19-35(20-18-33)31-53-49(61)43-14-8-30-58(43)51(63)45(38-11-5-2-6-12-38)56-48(60)40-27-28-40/h1-6,9-12,17-24,32,39-40,42-45H,7-8,13-14,25-31H2,(H,52,54)(H,53,61)(H,55,59)(H,56,60)/t42-,43-,44+,45+/m0/s1. The molecule has 0 unspecified atom stereocenters. The number of amides is 5. The molecule has 4 atom stereocenters. The summed E-state index contributed by atoms with van der Waals surface area (Å²) < 4.78 is 0. The Morgan fingerprint density at radius 2 is 1.14 bits per heavy atom. The second-order valence-corrected chi connectivity index (χ2v) is 17.1. The van der Waals surface area contributed by atoms with Gasteiger partial charge in [-0.3, -0.25) is 24.0 Å². The molecule has 2 aliphatic heterocycles. The Hall–Kier alpha value is -7.00. The Kier molecular flexibility index (Phi) is 12.2. The Morgan fingerprint density at radius 3 is 1.71 bits per heavy atom. The lowest BCUT2D eigenvalue weighted by Gasteiger charge is -2.29. The number of hydrogen-bond acceptors (Lipinski definition) is 6. The van der Waals surface area contributed by atoms with Gasteiger partial charge in [-0.1, -0.05) is 96.8 Å². The van der Waals surface area contributed by atoms with Crippen LogP contribution >= 0.6 is 0 Å². The molecule has 12 nitrogen and oxygen atoms in total. The molecule has 12 heteroatoms. The smallest absolute Gasteiger partial charge is 0.250 e. The second-order valence-electron chi connectivity index (χ2n) is 17.1. The molecular weight excluding hydrogens is 791 g/mol. The number of aromatic nitrogens is 2. The van der Waals surface area contributed by atoms with Crippen LogP contribution in [0.15, 0.2) is 115 Å². The summed E-state index contributed by atoms with van der Waals surface area (Å²) in [6.45, 7) is 1.37. The molecule has 2 saturated heterocycles. The van der Waals surface area contributed by atoms with E-state index < -0.39 is 18.1 Å². The van der Waals surface area contributed by atoms with E-state index in [1.165, 1.54) is 0 Å². The first-order chi connectivity index (χ1) is 30.8. The minimum Gasteiger partial charge on any atom is -0.350 e. The van der Waals surface area contributed by atoms with Crippen LogP contribution in [0.3, 0.4) is 0 Å². The molecular formula is C51H51N7O5. The van der Waals surface area contributed by atoms with Gasteiger partial charge >= 0.3 is 0 Å². The van der Waals surface area contributed by atoms with Crippen LogP contribution in [-0.4, -0.2) is 68.4 Å². The molecule has 0 bridgehead atoms. The number of hydrogen-bond donors (Lipinski definition) is 4. The fourth-order valence-electron chi connectivity index (χ4n) is 8.57. The summed E-state index contributed by atoms with van der Waals surface area (Å²) in [5.74, 6) is 6.38. The van der Waals surface area contributed by atoms with Gasteiger partial charge in [0.2, 0.25) is 29.5 Å². The Balaban J connectivity index is 0.788. The van der Waals surface area contributed by atoms with Crippen molar-refractivity contribution in [3.05, 3.63) is 149 Å². The van der Waals surface area contributed by atoms with Crippen LogP contribution in [0.2, 0.25) is 0 Å². The molecule has 5 aromatic rings. The molecule has 320 valence electrons. The number of likely N-dealkylation sites (tertiary alicyclic amines) is 2. The zero-order valence-electron chi connectivity index (χ0n) is 35.1. The Labute approximate surface area is 367 Å². The molecule has 4 aromatic carbocycles. The van der Waals surface area contributed by atoms with Gasteiger partial charge in [0.1, 0.15) is 23.9 Å². The largest absolute Gasteiger partial charge is 0.350 e. The van der Waals surface area contributed by atoms with Gasteiger partial charge in [0.05, 0.1) is 17.9 Å². The number of nitrogens with one attached hydrogen (secondary N) is 4. The first-order valence-corrected chi connectivity index (χ1v) is 22.1. The van der Waals surface area contributed by atoms with Gasteiger partial charge in [0.15, 0.2) is 0 Å². The monoisotopic (exact) mass is 841 g/mol. The van der Waals surface area contributed by atoms with Crippen molar-refractivity contribution in [2.24, 2.45) is 11.8 Å². The van der Waals surface area contributed by atoms with Gasteiger partial charge in [-0.2, -0.15) is 0 Å². The molecule has 4 fully saturated rings. The van der Waals surface area contributed by atoms with Crippen LogP contribution < -0.4 is 16.0 Å². The maximum absolute atomic E-state index is 14.0. The number of imidazole rings is 1. The highest BCUT2D eigenvalue weighted by atomic mass is 16.2. The van der Waals surface area contributed by atoms with E-state index in [1.54, 1.807) is 11.1 Å². The summed E-state index contributed by atoms with van der Waals surface area (Å²) in [6.07, 6.45) is 8.10. The van der Waals surface area contributed by atoms with Gasteiger partial charge in [0.25, 0.3) is 0 Å². The third-order valence-electron chi connectivity index (χ3n) is 12.5. The quantitative estimate of drug-likeness (QED) is 0.102. The first kappa shape index (κ1) is 41.4. The number of benzene rings is 4. The lowest BCUT2D eigenvalue weighted by molar-refractivity contribution is -0.141. The van der Waals surface area contributed by atoms with Crippen LogP contribution in [0.5, 0.6) is 0 Å². The number of aromatic amines is 1. The summed E-state index contributed by atoms with van der Waals surface area (Å²) in [5, 5.41) is 9.01. The summed E-state index contributed by atoms with van der Waals surface area (Å²) in [6, 6.07) is 31.9. The first-order valence-electron chi connectivity index (χ1n) is 22.1. The summed E-state index contributed by atoms with van der Waals surface area (Å²) in [4.78, 5) is 78.5. The number of carbonyl (C=O) groups excluding carboxylic acids is 5. The molecule has 2 saturated carbocycles. The minimum atomic E-state index is -0.828. The van der Waals surface area contributed by atoms with Crippen molar-refractivity contribution in [1.29, 1.82) is 0 Å². The van der Waals surface area contributed by atoms with Gasteiger partial charge in [-0.05, 0) is 97.9 Å². The van der Waals surface area contributed by atoms with E-state index in [4.69, 9.17) is 4.98 Å². The third kappa shape index (κ3) is 9.73. The molecule has 9 rings (SSSR count). The van der Waals surface area contributed by atoms with Crippen molar-refractivity contribution < 1.29 is 24.0 Å². The van der Waals surface area contributed by atoms with Crippen LogP contribution in [-0.2, 0) is 30.5 Å². The average Bonchev–Trinajstić information content (AvgIpc) is 4.20. The van der Waals surface area contributed by atoms with E-state index in [2.05, 4.69) is 32.8 Å². The lowest BCUT2D eigenvalue weighted by atomic mass is 10.0. The van der Waals surface area contributed by atoms with E-state index in [0.717, 1.165) is 77.9 Å². The van der Waals surface area contributed by atoms with E-state index in [9.17, 15) is 24.0 Å². The predicted octanol–water partition coefficient (Wildman–Crippen LogP) is 6.28. The maximum atomic E-state index is 14.0. The molecule has 3 heterocycles. The molecule has 5 amide bonds. The van der Waals surface area contributed by atoms with Crippen LogP contribution in [0.1, 0.15) is 103 Å². The van der Waals surface area contributed by atoms with Gasteiger partial charge in [-0.25, -0.2) is 4.98 Å². The normalized spacial score (nSPS) is 19.0. The van der Waals surface area contributed by atoms with Gasteiger partial charge in [0, 0.05) is 42.6 Å². The zero-order chi connectivity index (χ0) is 43.3. The highest BCUT2D eigenvalue weighted by Crippen LogP contribution is 2.36. The SMILES string of the molecule is O=C(N[C@@H](C(=O)N1CCC[C@H]1C(=O)NCc1ccc(C#Cc2ccc(-c3cnc([C@@H]4CCCN4C(=O)[C@H](NC(=O)C4CC4)c4ccccc4)[nH]3)cc2)cc1)c1ccccc1)C1CC1. The minimum absolute atomic E-state index is 0.00585. The predicted molar refractivity (Wildman–Crippen MR) is 237 cm³/mol. The molecule has 2 aliphatic carbocycles. The van der Waals surface area contributed by atoms with Crippen LogP contribution in [0.25, 0.3) is 11.3 Å². The zero-order valence-corrected chi connectivity index (χ0v) is 35.1. The van der Waals surface area contributed by atoms with E-state index in [0.29, 0.717) is 38.0 Å². The van der Waals surface area contributed by atoms with Crippen molar-refractivity contribution in [1.82, 2.24) is 35.7 Å². The summed E-state index contributed by atoms with van der Waals surface area (Å²) in [5.41, 5.74) is 5.86. The van der Waals surface area contributed by atoms with E-state index in [1.807, 2.05) is 114 Å². The maximum Gasteiger partial charge on any atom is 0.250 e. The molecule has 1 aromatic heterocycles. The van der Waals surface area contributed by atoms with Crippen molar-refractivity contribution in [2.45, 2.75) is 82.1 Å². The number of carbonyl (C=O) groups is 5. The van der Waals surface area contributed by atoms with E-state index >= 15 is 0 Å². The molecule has 63 heavy (non-hydrogen) atoms. The second kappa shape index (κ2) is 18.5. The van der Waals surface area contributed by atoms with Crippen LogP contribution in [0, 0.1) is 23.7 Å². The Bertz CT molecular complexity index is 2520. The van der Waals surface area contributed by atoms with E-state index in [-0.39, 0.29) is 47.4 Å². The fraction of sp³-hybridized carbons (Fsp3) is 0.333. The van der Waals surface area contributed by atoms with Gasteiger partial charge < -0.3 is 30.7 Å². The topological polar surface area (TPSA) is 157 Å². The average molecular weight is 842 g/mol. The number of H-pyrrole nitrogens is 1. The van der Waals surface area contributed by atoms with Gasteiger partial charge in [-0.15, -0.1) is 0 Å². The summed E-state index contributed by atoms with van der Waals surface area (Å²) in [7, 11) is 0. The van der Waals surface area contributed by atoms with Crippen LogP contribution in [0.4, 0.5) is 0 Å². The Morgan fingerprint density at radius 1 is 0.619 bits per heavy atom. The summed E-state index contributed by atoms with van der Waals surface area (Å²) >= 11 is 0. The van der Waals surface area contributed by atoms with Crippen molar-refractivity contribution >= 4 is 29.5 Å². The molecule has 4 aliphatic rings. The molecule has 0 spiro atoms. The van der Waals surface area contributed by atoms with Crippen molar-refractivity contribution in [3.8, 4) is 23.1 Å². The van der Waals surface area contributed by atoms with Crippen molar-refractivity contribution in [2.75, 3.05) is 13.1 Å². The highest BCUT2D eigenvalue weighted by molar-refractivity contribution is 5.94. The fourth-order valence-corrected chi connectivity index (χ4v) is 8.57. The van der Waals surface area contributed by atoms with Crippen molar-refractivity contribution in [3.63, 3.8) is 0 Å². The number of rotatable bonds is 13. The lowest BCUT2D eigenvalue weighted by Crippen LogP contribution is -2.50. The highest BCUT2D eigenvalue weighted by Gasteiger charge is 2.41. The number of nitrogens with zero attached hydrogens (tertiary/aromatic N) is 3.